The lowest BCUT2D eigenvalue weighted by molar-refractivity contribution is -0.137. The first-order valence-corrected chi connectivity index (χ1v) is 8.39. The summed E-state index contributed by atoms with van der Waals surface area (Å²) in [4.78, 5) is 15.7. The van der Waals surface area contributed by atoms with Crippen molar-refractivity contribution in [1.29, 1.82) is 0 Å². The van der Waals surface area contributed by atoms with Crippen molar-refractivity contribution in [3.8, 4) is 0 Å². The van der Waals surface area contributed by atoms with Gasteiger partial charge in [0.15, 0.2) is 5.65 Å². The van der Waals surface area contributed by atoms with Crippen molar-refractivity contribution in [2.75, 3.05) is 10.6 Å². The maximum absolute atomic E-state index is 12.9. The number of nitrogens with one attached hydrogen (secondary N) is 3. The largest absolute Gasteiger partial charge is 0.416 e. The second kappa shape index (κ2) is 6.31. The lowest BCUT2D eigenvalue weighted by Gasteiger charge is -2.26. The molecule has 0 amide bonds. The fraction of sp³-hybridized carbons (Fsp3) is 0.312. The maximum Gasteiger partial charge on any atom is 0.416 e. The van der Waals surface area contributed by atoms with Gasteiger partial charge in [-0.25, -0.2) is 4.98 Å². The SMILES string of the molecule is FC(F)(F)c1cc(Cl)cc(Nc2nc3nc(NC4CCC4)ncc3[nH]2)c1. The highest BCUT2D eigenvalue weighted by molar-refractivity contribution is 6.31. The van der Waals surface area contributed by atoms with Crippen LogP contribution in [0.3, 0.4) is 0 Å². The summed E-state index contributed by atoms with van der Waals surface area (Å²) in [7, 11) is 0. The molecule has 0 radical (unpaired) electrons. The lowest BCUT2D eigenvalue weighted by atomic mass is 9.93. The molecule has 1 saturated carbocycles. The number of rotatable bonds is 4. The van der Waals surface area contributed by atoms with Crippen LogP contribution in [0, 0.1) is 0 Å². The number of nitrogens with zero attached hydrogens (tertiary/aromatic N) is 3. The quantitative estimate of drug-likeness (QED) is 0.607. The molecule has 1 fully saturated rings. The first kappa shape index (κ1) is 16.9. The van der Waals surface area contributed by atoms with Crippen LogP contribution in [-0.4, -0.2) is 26.0 Å². The summed E-state index contributed by atoms with van der Waals surface area (Å²) in [6, 6.07) is 3.61. The number of aromatic amines is 1. The first-order chi connectivity index (χ1) is 12.4. The monoisotopic (exact) mass is 382 g/mol. The van der Waals surface area contributed by atoms with E-state index in [-0.39, 0.29) is 16.7 Å². The molecule has 1 aliphatic carbocycles. The van der Waals surface area contributed by atoms with Gasteiger partial charge in [0.2, 0.25) is 11.9 Å². The Balaban J connectivity index is 1.58. The Morgan fingerprint density at radius 1 is 1.15 bits per heavy atom. The molecular formula is C16H14ClF3N6. The average Bonchev–Trinajstić information content (AvgIpc) is 2.91. The first-order valence-electron chi connectivity index (χ1n) is 8.01. The Morgan fingerprint density at radius 2 is 1.96 bits per heavy atom. The summed E-state index contributed by atoms with van der Waals surface area (Å²) >= 11 is 5.79. The van der Waals surface area contributed by atoms with Crippen LogP contribution in [0.5, 0.6) is 0 Å². The van der Waals surface area contributed by atoms with Gasteiger partial charge in [0.25, 0.3) is 0 Å². The predicted molar refractivity (Wildman–Crippen MR) is 92.7 cm³/mol. The molecule has 0 spiro atoms. The Kier molecular flexibility index (Phi) is 4.10. The van der Waals surface area contributed by atoms with Crippen LogP contribution in [0.2, 0.25) is 5.02 Å². The van der Waals surface area contributed by atoms with E-state index in [1.807, 2.05) is 0 Å². The number of imidazole rings is 1. The highest BCUT2D eigenvalue weighted by Crippen LogP contribution is 2.34. The van der Waals surface area contributed by atoms with Crippen LogP contribution >= 0.6 is 11.6 Å². The third-order valence-corrected chi connectivity index (χ3v) is 4.38. The minimum Gasteiger partial charge on any atom is -0.351 e. The number of aromatic nitrogens is 4. The molecule has 10 heteroatoms. The van der Waals surface area contributed by atoms with E-state index in [1.165, 1.54) is 12.5 Å². The number of halogens is 4. The van der Waals surface area contributed by atoms with Crippen molar-refractivity contribution < 1.29 is 13.2 Å². The smallest absolute Gasteiger partial charge is 0.351 e. The number of fused-ring (bicyclic) bond motifs is 1. The molecule has 26 heavy (non-hydrogen) atoms. The maximum atomic E-state index is 12.9. The van der Waals surface area contributed by atoms with E-state index in [4.69, 9.17) is 11.6 Å². The molecular weight excluding hydrogens is 369 g/mol. The van der Waals surface area contributed by atoms with E-state index >= 15 is 0 Å². The van der Waals surface area contributed by atoms with Crippen LogP contribution < -0.4 is 10.6 Å². The molecule has 2 heterocycles. The molecule has 2 aromatic heterocycles. The highest BCUT2D eigenvalue weighted by atomic mass is 35.5. The minimum absolute atomic E-state index is 0.0230. The average molecular weight is 383 g/mol. The summed E-state index contributed by atoms with van der Waals surface area (Å²) in [5.74, 6) is 0.743. The normalized spacial score (nSPS) is 15.1. The Hall–Kier alpha value is -2.55. The number of benzene rings is 1. The fourth-order valence-electron chi connectivity index (χ4n) is 2.63. The third kappa shape index (κ3) is 3.52. The van der Waals surface area contributed by atoms with Crippen LogP contribution in [-0.2, 0) is 6.18 Å². The molecule has 6 nitrogen and oxygen atoms in total. The van der Waals surface area contributed by atoms with Crippen molar-refractivity contribution in [3.05, 3.63) is 35.0 Å². The van der Waals surface area contributed by atoms with Crippen LogP contribution in [0.25, 0.3) is 11.2 Å². The van der Waals surface area contributed by atoms with Crippen LogP contribution in [0.1, 0.15) is 24.8 Å². The molecule has 3 aromatic rings. The van der Waals surface area contributed by atoms with Gasteiger partial charge in [-0.1, -0.05) is 11.6 Å². The summed E-state index contributed by atoms with van der Waals surface area (Å²) in [6.07, 6.45) is 0.468. The molecule has 136 valence electrons. The molecule has 0 aliphatic heterocycles. The van der Waals surface area contributed by atoms with Gasteiger partial charge >= 0.3 is 6.18 Å². The Bertz CT molecular complexity index is 951. The van der Waals surface area contributed by atoms with Crippen LogP contribution in [0.15, 0.2) is 24.4 Å². The lowest BCUT2D eigenvalue weighted by Crippen LogP contribution is -2.27. The summed E-state index contributed by atoms with van der Waals surface area (Å²) < 4.78 is 38.7. The van der Waals surface area contributed by atoms with Gasteiger partial charge in [-0.2, -0.15) is 23.1 Å². The zero-order valence-electron chi connectivity index (χ0n) is 13.4. The van der Waals surface area contributed by atoms with Gasteiger partial charge in [0.1, 0.15) is 5.52 Å². The molecule has 0 saturated heterocycles. The zero-order valence-corrected chi connectivity index (χ0v) is 14.1. The van der Waals surface area contributed by atoms with E-state index < -0.39 is 11.7 Å². The van der Waals surface area contributed by atoms with Crippen molar-refractivity contribution in [1.82, 2.24) is 19.9 Å². The van der Waals surface area contributed by atoms with Crippen molar-refractivity contribution in [3.63, 3.8) is 0 Å². The fourth-order valence-corrected chi connectivity index (χ4v) is 2.87. The highest BCUT2D eigenvalue weighted by Gasteiger charge is 2.31. The van der Waals surface area contributed by atoms with E-state index in [1.54, 1.807) is 6.20 Å². The molecule has 4 rings (SSSR count). The number of hydrogen-bond acceptors (Lipinski definition) is 5. The second-order valence-corrected chi connectivity index (χ2v) is 6.58. The van der Waals surface area contributed by atoms with Gasteiger partial charge in [-0.05, 0) is 37.5 Å². The predicted octanol–water partition coefficient (Wildman–Crippen LogP) is 4.73. The summed E-state index contributed by atoms with van der Waals surface area (Å²) in [5, 5.41) is 5.99. The number of alkyl halides is 3. The number of hydrogen-bond donors (Lipinski definition) is 3. The zero-order chi connectivity index (χ0) is 18.3. The molecule has 1 aliphatic rings. The van der Waals surface area contributed by atoms with Crippen molar-refractivity contribution in [2.45, 2.75) is 31.5 Å². The third-order valence-electron chi connectivity index (χ3n) is 4.17. The number of H-pyrrole nitrogens is 1. The molecule has 0 atom stereocenters. The molecule has 0 unspecified atom stereocenters. The molecule has 0 bridgehead atoms. The van der Waals surface area contributed by atoms with Gasteiger partial charge < -0.3 is 15.6 Å². The number of anilines is 3. The van der Waals surface area contributed by atoms with Crippen molar-refractivity contribution in [2.24, 2.45) is 0 Å². The van der Waals surface area contributed by atoms with Gasteiger partial charge in [-0.3, -0.25) is 0 Å². The molecule has 3 N–H and O–H groups in total. The second-order valence-electron chi connectivity index (χ2n) is 6.14. The summed E-state index contributed by atoms with van der Waals surface area (Å²) in [6.45, 7) is 0. The van der Waals surface area contributed by atoms with Gasteiger partial charge in [0, 0.05) is 16.8 Å². The molecule has 1 aromatic carbocycles. The van der Waals surface area contributed by atoms with E-state index in [0.29, 0.717) is 23.2 Å². The minimum atomic E-state index is -4.48. The van der Waals surface area contributed by atoms with E-state index in [0.717, 1.165) is 25.0 Å². The van der Waals surface area contributed by atoms with E-state index in [2.05, 4.69) is 30.6 Å². The van der Waals surface area contributed by atoms with Crippen molar-refractivity contribution >= 4 is 40.3 Å². The van der Waals surface area contributed by atoms with Gasteiger partial charge in [0.05, 0.1) is 11.8 Å². The summed E-state index contributed by atoms with van der Waals surface area (Å²) in [5.41, 5.74) is 0.326. The van der Waals surface area contributed by atoms with Gasteiger partial charge in [-0.15, -0.1) is 0 Å². The topological polar surface area (TPSA) is 78.5 Å². The Labute approximate surface area is 151 Å². The van der Waals surface area contributed by atoms with E-state index in [9.17, 15) is 13.2 Å². The standard InChI is InChI=1S/C16H14ClF3N6/c17-9-4-8(16(18,19)20)5-11(6-9)23-15-24-12-7-21-14(25-13(12)26-15)22-10-2-1-3-10/h4-7,10H,1-3H2,(H3,21,22,23,24,25,26). The Morgan fingerprint density at radius 3 is 2.65 bits per heavy atom. The van der Waals surface area contributed by atoms with Crippen LogP contribution in [0.4, 0.5) is 30.8 Å².